The van der Waals surface area contributed by atoms with Gasteiger partial charge in [-0.25, -0.2) is 0 Å². The molecule has 0 heterocycles. The SMILES string of the molecule is CCN(CC)CCOC(=O)C1CCC(C(C)(C)C)C1.Cl. The number of nitrogens with zero attached hydrogens (tertiary/aromatic N) is 1. The Kier molecular flexibility index (Phi) is 8.76. The zero-order valence-corrected chi connectivity index (χ0v) is 14.6. The first-order chi connectivity index (χ1) is 8.88. The van der Waals surface area contributed by atoms with Crippen molar-refractivity contribution in [2.45, 2.75) is 53.9 Å². The number of hydrogen-bond acceptors (Lipinski definition) is 3. The lowest BCUT2D eigenvalue weighted by Gasteiger charge is -2.26. The molecule has 1 saturated carbocycles. The number of likely N-dealkylation sites (N-methyl/N-ethyl adjacent to an activating group) is 1. The third-order valence-electron chi connectivity index (χ3n) is 4.54. The Labute approximate surface area is 130 Å². The van der Waals surface area contributed by atoms with Gasteiger partial charge >= 0.3 is 5.97 Å². The number of halogens is 1. The maximum Gasteiger partial charge on any atom is 0.308 e. The highest BCUT2D eigenvalue weighted by atomic mass is 35.5. The quantitative estimate of drug-likeness (QED) is 0.700. The molecule has 0 aromatic carbocycles. The third kappa shape index (κ3) is 6.01. The molecule has 1 fully saturated rings. The van der Waals surface area contributed by atoms with Crippen molar-refractivity contribution in [3.63, 3.8) is 0 Å². The van der Waals surface area contributed by atoms with Crippen LogP contribution in [0.2, 0.25) is 0 Å². The first kappa shape index (κ1) is 19.7. The lowest BCUT2D eigenvalue weighted by Crippen LogP contribution is -2.29. The molecule has 1 aliphatic rings. The van der Waals surface area contributed by atoms with Gasteiger partial charge < -0.3 is 9.64 Å². The first-order valence-corrected chi connectivity index (χ1v) is 7.77. The molecule has 1 aliphatic carbocycles. The molecule has 0 N–H and O–H groups in total. The number of carbonyl (C=O) groups is 1. The standard InChI is InChI=1S/C16H31NO2.ClH/c1-6-17(7-2)10-11-19-15(18)13-8-9-14(12-13)16(3,4)5;/h13-14H,6-12H2,1-5H3;1H. The monoisotopic (exact) mass is 305 g/mol. The number of ether oxygens (including phenoxy) is 1. The van der Waals surface area contributed by atoms with Gasteiger partial charge in [-0.15, -0.1) is 12.4 Å². The Morgan fingerprint density at radius 2 is 1.80 bits per heavy atom. The van der Waals surface area contributed by atoms with Crippen LogP contribution >= 0.6 is 12.4 Å². The molecule has 0 aromatic rings. The van der Waals surface area contributed by atoms with E-state index >= 15 is 0 Å². The molecule has 0 aliphatic heterocycles. The van der Waals surface area contributed by atoms with E-state index in [1.54, 1.807) is 0 Å². The minimum absolute atomic E-state index is 0. The van der Waals surface area contributed by atoms with Gasteiger partial charge in [0.15, 0.2) is 0 Å². The molecule has 2 atom stereocenters. The van der Waals surface area contributed by atoms with E-state index in [1.165, 1.54) is 6.42 Å². The van der Waals surface area contributed by atoms with Crippen LogP contribution in [-0.4, -0.2) is 37.1 Å². The van der Waals surface area contributed by atoms with E-state index in [1.807, 2.05) is 0 Å². The van der Waals surface area contributed by atoms with Gasteiger partial charge in [0, 0.05) is 6.54 Å². The predicted octanol–water partition coefficient (Wildman–Crippen LogP) is 3.76. The van der Waals surface area contributed by atoms with Crippen LogP contribution in [0.25, 0.3) is 0 Å². The first-order valence-electron chi connectivity index (χ1n) is 7.77. The summed E-state index contributed by atoms with van der Waals surface area (Å²) in [5, 5.41) is 0. The maximum absolute atomic E-state index is 12.0. The zero-order chi connectivity index (χ0) is 14.5. The summed E-state index contributed by atoms with van der Waals surface area (Å²) in [6.07, 6.45) is 3.18. The van der Waals surface area contributed by atoms with Crippen molar-refractivity contribution in [2.75, 3.05) is 26.2 Å². The second-order valence-electron chi connectivity index (χ2n) is 6.77. The number of esters is 1. The van der Waals surface area contributed by atoms with Crippen molar-refractivity contribution in [3.8, 4) is 0 Å². The van der Waals surface area contributed by atoms with E-state index < -0.39 is 0 Å². The second-order valence-corrected chi connectivity index (χ2v) is 6.77. The van der Waals surface area contributed by atoms with Gasteiger partial charge in [-0.2, -0.15) is 0 Å². The summed E-state index contributed by atoms with van der Waals surface area (Å²) in [6.45, 7) is 14.5. The third-order valence-corrected chi connectivity index (χ3v) is 4.54. The Balaban J connectivity index is 0.00000361. The summed E-state index contributed by atoms with van der Waals surface area (Å²) in [4.78, 5) is 14.3. The zero-order valence-electron chi connectivity index (χ0n) is 13.8. The minimum Gasteiger partial charge on any atom is -0.464 e. The second kappa shape index (κ2) is 8.89. The summed E-state index contributed by atoms with van der Waals surface area (Å²) in [6, 6.07) is 0. The van der Waals surface area contributed by atoms with Crippen molar-refractivity contribution in [2.24, 2.45) is 17.3 Å². The fourth-order valence-electron chi connectivity index (χ4n) is 2.92. The largest absolute Gasteiger partial charge is 0.464 e. The van der Waals surface area contributed by atoms with E-state index in [0.717, 1.165) is 32.5 Å². The fourth-order valence-corrected chi connectivity index (χ4v) is 2.92. The average molecular weight is 306 g/mol. The van der Waals surface area contributed by atoms with Gasteiger partial charge in [-0.3, -0.25) is 4.79 Å². The summed E-state index contributed by atoms with van der Waals surface area (Å²) < 4.78 is 5.44. The molecular formula is C16H32ClNO2. The Bertz CT molecular complexity index is 285. The molecule has 0 aromatic heterocycles. The van der Waals surface area contributed by atoms with Crippen LogP contribution in [0.4, 0.5) is 0 Å². The number of carbonyl (C=O) groups excluding carboxylic acids is 1. The van der Waals surface area contributed by atoms with Gasteiger partial charge in [0.2, 0.25) is 0 Å². The molecule has 0 bridgehead atoms. The van der Waals surface area contributed by atoms with Crippen LogP contribution in [0, 0.1) is 17.3 Å². The molecule has 0 amide bonds. The van der Waals surface area contributed by atoms with Crippen LogP contribution in [-0.2, 0) is 9.53 Å². The van der Waals surface area contributed by atoms with Crippen molar-refractivity contribution >= 4 is 18.4 Å². The van der Waals surface area contributed by atoms with Gasteiger partial charge in [-0.1, -0.05) is 34.6 Å². The lowest BCUT2D eigenvalue weighted by atomic mass is 9.79. The Morgan fingerprint density at radius 3 is 2.25 bits per heavy atom. The lowest BCUT2D eigenvalue weighted by molar-refractivity contribution is -0.148. The number of hydrogen-bond donors (Lipinski definition) is 0. The van der Waals surface area contributed by atoms with Crippen molar-refractivity contribution in [1.82, 2.24) is 4.90 Å². The minimum atomic E-state index is 0. The summed E-state index contributed by atoms with van der Waals surface area (Å²) in [5.41, 5.74) is 0.316. The topological polar surface area (TPSA) is 29.5 Å². The van der Waals surface area contributed by atoms with Crippen LogP contribution in [0.5, 0.6) is 0 Å². The van der Waals surface area contributed by atoms with Crippen LogP contribution in [0.15, 0.2) is 0 Å². The molecule has 2 unspecified atom stereocenters. The van der Waals surface area contributed by atoms with Crippen LogP contribution in [0.3, 0.4) is 0 Å². The van der Waals surface area contributed by atoms with E-state index in [4.69, 9.17) is 4.74 Å². The Morgan fingerprint density at radius 1 is 1.20 bits per heavy atom. The molecule has 20 heavy (non-hydrogen) atoms. The molecule has 1 rings (SSSR count). The summed E-state index contributed by atoms with van der Waals surface area (Å²) in [7, 11) is 0. The highest BCUT2D eigenvalue weighted by Crippen LogP contribution is 2.42. The molecule has 120 valence electrons. The highest BCUT2D eigenvalue weighted by molar-refractivity contribution is 5.85. The maximum atomic E-state index is 12.0. The van der Waals surface area contributed by atoms with Crippen molar-refractivity contribution in [1.29, 1.82) is 0 Å². The Hall–Kier alpha value is -0.280. The smallest absolute Gasteiger partial charge is 0.308 e. The average Bonchev–Trinajstić information content (AvgIpc) is 2.83. The number of rotatable bonds is 6. The van der Waals surface area contributed by atoms with Gasteiger partial charge in [0.25, 0.3) is 0 Å². The molecule has 3 nitrogen and oxygen atoms in total. The summed E-state index contributed by atoms with van der Waals surface area (Å²) in [5.74, 6) is 0.827. The van der Waals surface area contributed by atoms with Gasteiger partial charge in [0.1, 0.15) is 6.61 Å². The van der Waals surface area contributed by atoms with Crippen molar-refractivity contribution in [3.05, 3.63) is 0 Å². The van der Waals surface area contributed by atoms with E-state index in [9.17, 15) is 4.79 Å². The van der Waals surface area contributed by atoms with Crippen LogP contribution < -0.4 is 0 Å². The molecule has 0 saturated heterocycles. The predicted molar refractivity (Wildman–Crippen MR) is 86.3 cm³/mol. The van der Waals surface area contributed by atoms with Gasteiger partial charge in [-0.05, 0) is 43.7 Å². The highest BCUT2D eigenvalue weighted by Gasteiger charge is 2.36. The molecular weight excluding hydrogens is 274 g/mol. The van der Waals surface area contributed by atoms with E-state index in [2.05, 4.69) is 39.5 Å². The fraction of sp³-hybridized carbons (Fsp3) is 0.938. The molecule has 0 radical (unpaired) electrons. The van der Waals surface area contributed by atoms with E-state index in [0.29, 0.717) is 17.9 Å². The normalized spacial score (nSPS) is 22.7. The summed E-state index contributed by atoms with van der Waals surface area (Å²) >= 11 is 0. The molecule has 4 heteroatoms. The van der Waals surface area contributed by atoms with Gasteiger partial charge in [0.05, 0.1) is 5.92 Å². The molecule has 0 spiro atoms. The van der Waals surface area contributed by atoms with E-state index in [-0.39, 0.29) is 24.3 Å². The van der Waals surface area contributed by atoms with Crippen molar-refractivity contribution < 1.29 is 9.53 Å². The van der Waals surface area contributed by atoms with Crippen LogP contribution in [0.1, 0.15) is 53.9 Å².